The van der Waals surface area contributed by atoms with E-state index in [9.17, 15) is 18.0 Å². The van der Waals surface area contributed by atoms with Crippen LogP contribution < -0.4 is 10.6 Å². The number of piperazine rings is 1. The van der Waals surface area contributed by atoms with Gasteiger partial charge in [-0.2, -0.15) is 4.31 Å². The topological polar surface area (TPSA) is 125 Å². The summed E-state index contributed by atoms with van der Waals surface area (Å²) in [6.07, 6.45) is 2.00. The monoisotopic (exact) mass is 461 g/mol. The summed E-state index contributed by atoms with van der Waals surface area (Å²) >= 11 is 0. The molecule has 2 aromatic rings. The van der Waals surface area contributed by atoms with Crippen LogP contribution in [0.5, 0.6) is 0 Å². The Balaban J connectivity index is 1.39. The van der Waals surface area contributed by atoms with E-state index in [-0.39, 0.29) is 54.8 Å². The minimum Gasteiger partial charge on any atom is -0.360 e. The van der Waals surface area contributed by atoms with Crippen LogP contribution >= 0.6 is 0 Å². The number of rotatable bonds is 5. The molecule has 1 saturated heterocycles. The van der Waals surface area contributed by atoms with Crippen molar-refractivity contribution in [2.24, 2.45) is 0 Å². The summed E-state index contributed by atoms with van der Waals surface area (Å²) in [7, 11) is -3.74. The standard InChI is InChI=1S/C21H27N5O5S/c1-13-4-5-16(20(27)22-17-6-7-17)12-18(13)23-21(28)25-8-10-26(11-9-25)32(29,30)19-14(2)24-31-15(19)3/h4-5,12,17H,6-11H2,1-3H3,(H,22,27)(H,23,28). The van der Waals surface area contributed by atoms with Crippen molar-refractivity contribution in [2.45, 2.75) is 44.6 Å². The van der Waals surface area contributed by atoms with E-state index in [0.29, 0.717) is 16.9 Å². The zero-order chi connectivity index (χ0) is 23.0. The predicted octanol–water partition coefficient (Wildman–Crippen LogP) is 2.03. The first-order valence-corrected chi connectivity index (χ1v) is 12.0. The number of carbonyl (C=O) groups is 2. The summed E-state index contributed by atoms with van der Waals surface area (Å²) in [5, 5.41) is 9.52. The Labute approximate surface area is 187 Å². The average molecular weight is 462 g/mol. The molecular weight excluding hydrogens is 434 g/mol. The number of carbonyl (C=O) groups excluding carboxylic acids is 2. The maximum Gasteiger partial charge on any atom is 0.321 e. The summed E-state index contributed by atoms with van der Waals surface area (Å²) < 4.78 is 32.3. The Morgan fingerprint density at radius 1 is 1.09 bits per heavy atom. The number of aryl methyl sites for hydroxylation is 3. The number of nitrogens with one attached hydrogen (secondary N) is 2. The van der Waals surface area contributed by atoms with Crippen molar-refractivity contribution in [3.05, 3.63) is 40.8 Å². The van der Waals surface area contributed by atoms with Gasteiger partial charge in [0.25, 0.3) is 5.91 Å². The van der Waals surface area contributed by atoms with Crippen molar-refractivity contribution in [3.8, 4) is 0 Å². The highest BCUT2D eigenvalue weighted by Crippen LogP contribution is 2.25. The molecule has 3 amide bonds. The van der Waals surface area contributed by atoms with Gasteiger partial charge in [-0.25, -0.2) is 13.2 Å². The van der Waals surface area contributed by atoms with E-state index in [1.165, 1.54) is 4.31 Å². The van der Waals surface area contributed by atoms with Gasteiger partial charge in [-0.3, -0.25) is 4.79 Å². The van der Waals surface area contributed by atoms with Crippen molar-refractivity contribution in [1.29, 1.82) is 0 Å². The van der Waals surface area contributed by atoms with Crippen molar-refractivity contribution in [1.82, 2.24) is 19.7 Å². The minimum atomic E-state index is -3.74. The molecule has 0 unspecified atom stereocenters. The maximum absolute atomic E-state index is 13.0. The second-order valence-corrected chi connectivity index (χ2v) is 10.1. The molecule has 2 aliphatic rings. The summed E-state index contributed by atoms with van der Waals surface area (Å²) in [5.41, 5.74) is 2.21. The van der Waals surface area contributed by atoms with Crippen molar-refractivity contribution in [2.75, 3.05) is 31.5 Å². The number of urea groups is 1. The molecule has 11 heteroatoms. The molecule has 0 bridgehead atoms. The number of hydrogen-bond acceptors (Lipinski definition) is 6. The molecule has 1 saturated carbocycles. The molecule has 2 heterocycles. The van der Waals surface area contributed by atoms with Gasteiger partial charge in [0, 0.05) is 43.5 Å². The number of hydrogen-bond donors (Lipinski definition) is 2. The molecule has 4 rings (SSSR count). The first-order valence-electron chi connectivity index (χ1n) is 10.6. The Bertz CT molecular complexity index is 1130. The first kappa shape index (κ1) is 22.3. The van der Waals surface area contributed by atoms with Crippen LogP contribution in [0.2, 0.25) is 0 Å². The predicted molar refractivity (Wildman–Crippen MR) is 117 cm³/mol. The number of sulfonamides is 1. The molecular formula is C21H27N5O5S. The molecule has 2 N–H and O–H groups in total. The van der Waals surface area contributed by atoms with E-state index in [0.717, 1.165) is 18.4 Å². The summed E-state index contributed by atoms with van der Waals surface area (Å²) in [6, 6.07) is 5.12. The van der Waals surface area contributed by atoms with Gasteiger partial charge in [0.05, 0.1) is 0 Å². The second-order valence-electron chi connectivity index (χ2n) is 8.25. The van der Waals surface area contributed by atoms with Gasteiger partial charge >= 0.3 is 6.03 Å². The number of nitrogens with zero attached hydrogens (tertiary/aromatic N) is 3. The maximum atomic E-state index is 13.0. The van der Waals surface area contributed by atoms with Gasteiger partial charge in [0.1, 0.15) is 10.6 Å². The SMILES string of the molecule is Cc1ccc(C(=O)NC2CC2)cc1NC(=O)N1CCN(S(=O)(=O)c2c(C)noc2C)CC1. The smallest absolute Gasteiger partial charge is 0.321 e. The third-order valence-electron chi connectivity index (χ3n) is 5.75. The number of anilines is 1. The fraction of sp³-hybridized carbons (Fsp3) is 0.476. The third-order valence-corrected chi connectivity index (χ3v) is 7.89. The Morgan fingerprint density at radius 3 is 2.38 bits per heavy atom. The summed E-state index contributed by atoms with van der Waals surface area (Å²) in [6.45, 7) is 5.84. The Morgan fingerprint density at radius 2 is 1.78 bits per heavy atom. The van der Waals surface area contributed by atoms with Crippen molar-refractivity contribution < 1.29 is 22.5 Å². The van der Waals surface area contributed by atoms with E-state index < -0.39 is 10.0 Å². The molecule has 0 radical (unpaired) electrons. The Hall–Kier alpha value is -2.92. The van der Waals surface area contributed by atoms with Crippen LogP contribution in [0.1, 0.15) is 40.2 Å². The summed E-state index contributed by atoms with van der Waals surface area (Å²) in [4.78, 5) is 26.8. The molecule has 0 spiro atoms. The molecule has 32 heavy (non-hydrogen) atoms. The lowest BCUT2D eigenvalue weighted by molar-refractivity contribution is 0.0951. The van der Waals surface area contributed by atoms with E-state index in [1.807, 2.05) is 6.92 Å². The lowest BCUT2D eigenvalue weighted by atomic mass is 10.1. The van der Waals surface area contributed by atoms with Crippen LogP contribution in [0.25, 0.3) is 0 Å². The van der Waals surface area contributed by atoms with Gasteiger partial charge in [-0.15, -0.1) is 0 Å². The first-order chi connectivity index (χ1) is 15.2. The van der Waals surface area contributed by atoms with Gasteiger partial charge in [-0.1, -0.05) is 11.2 Å². The zero-order valence-corrected chi connectivity index (χ0v) is 19.2. The average Bonchev–Trinajstić information content (AvgIpc) is 3.50. The molecule has 1 aromatic heterocycles. The third kappa shape index (κ3) is 4.49. The highest BCUT2D eigenvalue weighted by molar-refractivity contribution is 7.89. The summed E-state index contributed by atoms with van der Waals surface area (Å²) in [5.74, 6) is 0.102. The lowest BCUT2D eigenvalue weighted by Gasteiger charge is -2.34. The fourth-order valence-electron chi connectivity index (χ4n) is 3.69. The molecule has 1 aliphatic carbocycles. The van der Waals surface area contributed by atoms with Crippen LogP contribution in [-0.2, 0) is 10.0 Å². The van der Waals surface area contributed by atoms with Crippen LogP contribution in [0.4, 0.5) is 10.5 Å². The second kappa shape index (κ2) is 8.55. The lowest BCUT2D eigenvalue weighted by Crippen LogP contribution is -2.51. The van der Waals surface area contributed by atoms with Gasteiger partial charge in [0.15, 0.2) is 5.76 Å². The fourth-order valence-corrected chi connectivity index (χ4v) is 5.41. The van der Waals surface area contributed by atoms with Gasteiger partial charge in [-0.05, 0) is 51.3 Å². The molecule has 172 valence electrons. The van der Waals surface area contributed by atoms with E-state index in [2.05, 4.69) is 15.8 Å². The molecule has 2 fully saturated rings. The quantitative estimate of drug-likeness (QED) is 0.702. The highest BCUT2D eigenvalue weighted by atomic mass is 32.2. The van der Waals surface area contributed by atoms with Crippen LogP contribution in [0, 0.1) is 20.8 Å². The van der Waals surface area contributed by atoms with E-state index in [4.69, 9.17) is 4.52 Å². The normalized spacial score (nSPS) is 17.3. The van der Waals surface area contributed by atoms with Crippen molar-refractivity contribution in [3.63, 3.8) is 0 Å². The molecule has 10 nitrogen and oxygen atoms in total. The van der Waals surface area contributed by atoms with Crippen LogP contribution in [-0.4, -0.2) is 66.9 Å². The number of benzene rings is 1. The van der Waals surface area contributed by atoms with Crippen LogP contribution in [0.3, 0.4) is 0 Å². The number of amides is 3. The minimum absolute atomic E-state index is 0.0901. The largest absolute Gasteiger partial charge is 0.360 e. The zero-order valence-electron chi connectivity index (χ0n) is 18.3. The van der Waals surface area contributed by atoms with E-state index in [1.54, 1.807) is 36.9 Å². The number of aromatic nitrogens is 1. The molecule has 1 aromatic carbocycles. The van der Waals surface area contributed by atoms with Crippen LogP contribution in [0.15, 0.2) is 27.6 Å². The van der Waals surface area contributed by atoms with Gasteiger partial charge in [0.2, 0.25) is 10.0 Å². The molecule has 1 aliphatic heterocycles. The molecule has 0 atom stereocenters. The van der Waals surface area contributed by atoms with E-state index >= 15 is 0 Å². The highest BCUT2D eigenvalue weighted by Gasteiger charge is 2.34. The van der Waals surface area contributed by atoms with Crippen molar-refractivity contribution >= 4 is 27.6 Å². The van der Waals surface area contributed by atoms with Gasteiger partial charge < -0.3 is 20.1 Å². The Kier molecular flexibility index (Phi) is 5.95.